The van der Waals surface area contributed by atoms with Crippen molar-refractivity contribution in [2.45, 2.75) is 30.1 Å². The fraction of sp³-hybridized carbons (Fsp3) is 0.188. The van der Waals surface area contributed by atoms with E-state index in [1.165, 1.54) is 42.3 Å². The van der Waals surface area contributed by atoms with Crippen LogP contribution in [0, 0.1) is 0 Å². The van der Waals surface area contributed by atoms with Crippen molar-refractivity contribution < 1.29 is 31.2 Å². The number of rotatable bonds is 11. The number of hydrogen-bond donors (Lipinski definition) is 1. The van der Waals surface area contributed by atoms with Crippen LogP contribution in [0.5, 0.6) is 0 Å². The van der Waals surface area contributed by atoms with Crippen LogP contribution in [0.1, 0.15) is 16.7 Å². The van der Waals surface area contributed by atoms with Crippen LogP contribution < -0.4 is 9.62 Å². The highest BCUT2D eigenvalue weighted by Gasteiger charge is 2.36. The Morgan fingerprint density at radius 3 is 1.91 bits per heavy atom. The summed E-state index contributed by atoms with van der Waals surface area (Å²) in [7, 11) is -3.08. The number of benzene rings is 4. The number of amides is 2. The van der Waals surface area contributed by atoms with Gasteiger partial charge in [0.25, 0.3) is 10.0 Å². The molecule has 0 aliphatic rings. The lowest BCUT2D eigenvalue weighted by Crippen LogP contribution is -2.53. The Balaban J connectivity index is 1.81. The summed E-state index contributed by atoms with van der Waals surface area (Å²) < 4.78 is 69.3. The second-order valence-electron chi connectivity index (χ2n) is 9.70. The maximum Gasteiger partial charge on any atom is 0.416 e. The normalized spacial score (nSPS) is 12.3. The molecule has 0 spiro atoms. The van der Waals surface area contributed by atoms with Crippen LogP contribution in [0.4, 0.5) is 18.9 Å². The molecule has 4 rings (SSSR count). The highest BCUT2D eigenvalue weighted by atomic mass is 32.2. The molecule has 0 saturated heterocycles. The van der Waals surface area contributed by atoms with Gasteiger partial charge in [-0.1, -0.05) is 84.9 Å². The minimum atomic E-state index is -4.75. The number of carbonyl (C=O) groups is 2. The topological polar surface area (TPSA) is 86.8 Å². The molecule has 0 bridgehead atoms. The van der Waals surface area contributed by atoms with E-state index in [-0.39, 0.29) is 23.5 Å². The molecule has 4 aromatic carbocycles. The van der Waals surface area contributed by atoms with Gasteiger partial charge in [-0.25, -0.2) is 8.42 Å². The van der Waals surface area contributed by atoms with Crippen molar-refractivity contribution in [2.24, 2.45) is 0 Å². The van der Waals surface area contributed by atoms with Crippen molar-refractivity contribution in [1.82, 2.24) is 10.2 Å². The molecule has 43 heavy (non-hydrogen) atoms. The summed E-state index contributed by atoms with van der Waals surface area (Å²) in [5, 5.41) is 2.58. The van der Waals surface area contributed by atoms with Crippen LogP contribution in [-0.4, -0.2) is 44.8 Å². The van der Waals surface area contributed by atoms with Crippen LogP contribution in [0.15, 0.2) is 120 Å². The first-order valence-corrected chi connectivity index (χ1v) is 14.8. The zero-order valence-electron chi connectivity index (χ0n) is 23.2. The smallest absolute Gasteiger partial charge is 0.357 e. The number of likely N-dealkylation sites (N-methyl/N-ethyl adjacent to an activating group) is 1. The van der Waals surface area contributed by atoms with Gasteiger partial charge in [-0.15, -0.1) is 0 Å². The largest absolute Gasteiger partial charge is 0.416 e. The van der Waals surface area contributed by atoms with E-state index in [1.54, 1.807) is 60.7 Å². The predicted molar refractivity (Wildman–Crippen MR) is 157 cm³/mol. The van der Waals surface area contributed by atoms with Gasteiger partial charge in [0.1, 0.15) is 12.6 Å². The molecule has 0 aliphatic heterocycles. The summed E-state index contributed by atoms with van der Waals surface area (Å²) in [6, 6.07) is 27.7. The van der Waals surface area contributed by atoms with E-state index in [2.05, 4.69) is 5.32 Å². The van der Waals surface area contributed by atoms with Crippen LogP contribution in [-0.2, 0) is 38.8 Å². The third kappa shape index (κ3) is 7.81. The fourth-order valence-electron chi connectivity index (χ4n) is 4.59. The third-order valence-electron chi connectivity index (χ3n) is 6.78. The Labute approximate surface area is 248 Å². The predicted octanol–water partition coefficient (Wildman–Crippen LogP) is 5.29. The molecule has 4 aromatic rings. The molecule has 1 N–H and O–H groups in total. The van der Waals surface area contributed by atoms with Crippen molar-refractivity contribution in [3.63, 3.8) is 0 Å². The van der Waals surface area contributed by atoms with E-state index in [0.29, 0.717) is 15.9 Å². The minimum absolute atomic E-state index is 0.0492. The highest BCUT2D eigenvalue weighted by molar-refractivity contribution is 7.92. The lowest BCUT2D eigenvalue weighted by atomic mass is 10.0. The van der Waals surface area contributed by atoms with E-state index in [9.17, 15) is 31.2 Å². The summed E-state index contributed by atoms with van der Waals surface area (Å²) in [4.78, 5) is 28.4. The standard InChI is InChI=1S/C32H30F3N3O4S/c1-36-31(40)29(20-24-12-5-2-6-13-24)37(22-25-14-7-3-8-15-25)30(39)23-38(43(41,42)28-18-9-4-10-19-28)27-17-11-16-26(21-27)32(33,34)35/h2-19,21,29H,20,22-23H2,1H3,(H,36,40)/t29-/m0/s1. The molecule has 224 valence electrons. The van der Waals surface area contributed by atoms with E-state index in [4.69, 9.17) is 0 Å². The molecular weight excluding hydrogens is 579 g/mol. The number of nitrogens with one attached hydrogen (secondary N) is 1. The van der Waals surface area contributed by atoms with Crippen LogP contribution in [0.2, 0.25) is 0 Å². The molecule has 0 aliphatic carbocycles. The Kier molecular flexibility index (Phi) is 9.87. The Morgan fingerprint density at radius 1 is 0.791 bits per heavy atom. The van der Waals surface area contributed by atoms with Gasteiger partial charge >= 0.3 is 6.18 Å². The minimum Gasteiger partial charge on any atom is -0.357 e. The average molecular weight is 610 g/mol. The first-order chi connectivity index (χ1) is 20.5. The van der Waals surface area contributed by atoms with Crippen molar-refractivity contribution in [2.75, 3.05) is 17.9 Å². The Hall–Kier alpha value is -4.64. The van der Waals surface area contributed by atoms with Crippen molar-refractivity contribution >= 4 is 27.5 Å². The summed E-state index contributed by atoms with van der Waals surface area (Å²) >= 11 is 0. The van der Waals surface area contributed by atoms with Crippen molar-refractivity contribution in [3.05, 3.63) is 132 Å². The fourth-order valence-corrected chi connectivity index (χ4v) is 6.01. The van der Waals surface area contributed by atoms with Gasteiger partial charge in [-0.2, -0.15) is 13.2 Å². The van der Waals surface area contributed by atoms with E-state index in [0.717, 1.165) is 17.7 Å². The van der Waals surface area contributed by atoms with Gasteiger partial charge in [0.2, 0.25) is 11.8 Å². The molecule has 11 heteroatoms. The van der Waals surface area contributed by atoms with Crippen molar-refractivity contribution in [3.8, 4) is 0 Å². The van der Waals surface area contributed by atoms with Gasteiger partial charge in [-0.05, 0) is 41.5 Å². The molecule has 0 saturated carbocycles. The highest BCUT2D eigenvalue weighted by Crippen LogP contribution is 2.33. The number of alkyl halides is 3. The lowest BCUT2D eigenvalue weighted by molar-refractivity contribution is -0.139. The maximum atomic E-state index is 14.2. The maximum absolute atomic E-state index is 14.2. The molecular formula is C32H30F3N3O4S. The second kappa shape index (κ2) is 13.6. The number of sulfonamides is 1. The number of halogens is 3. The quantitative estimate of drug-likeness (QED) is 0.251. The van der Waals surface area contributed by atoms with Gasteiger partial charge in [0.15, 0.2) is 0 Å². The van der Waals surface area contributed by atoms with E-state index in [1.807, 2.05) is 6.07 Å². The monoisotopic (exact) mass is 609 g/mol. The van der Waals surface area contributed by atoms with Crippen LogP contribution in [0.25, 0.3) is 0 Å². The molecule has 0 aromatic heterocycles. The molecule has 0 heterocycles. The van der Waals surface area contributed by atoms with E-state index < -0.39 is 46.2 Å². The van der Waals surface area contributed by atoms with Gasteiger partial charge in [-0.3, -0.25) is 13.9 Å². The molecule has 0 unspecified atom stereocenters. The van der Waals surface area contributed by atoms with E-state index >= 15 is 0 Å². The van der Waals surface area contributed by atoms with Crippen molar-refractivity contribution in [1.29, 1.82) is 0 Å². The lowest BCUT2D eigenvalue weighted by Gasteiger charge is -2.33. The van der Waals surface area contributed by atoms with Gasteiger partial charge < -0.3 is 10.2 Å². The number of anilines is 1. The Morgan fingerprint density at radius 2 is 1.35 bits per heavy atom. The second-order valence-corrected chi connectivity index (χ2v) is 11.6. The SMILES string of the molecule is CNC(=O)[C@H](Cc1ccccc1)N(Cc1ccccc1)C(=O)CN(c1cccc(C(F)(F)F)c1)S(=O)(=O)c1ccccc1. The summed E-state index contributed by atoms with van der Waals surface area (Å²) in [6.45, 7) is -0.903. The zero-order chi connectivity index (χ0) is 31.0. The number of hydrogen-bond acceptors (Lipinski definition) is 4. The average Bonchev–Trinajstić information content (AvgIpc) is 3.02. The molecule has 2 amide bonds. The van der Waals surface area contributed by atoms with Gasteiger partial charge in [0.05, 0.1) is 16.1 Å². The molecule has 0 radical (unpaired) electrons. The third-order valence-corrected chi connectivity index (χ3v) is 8.57. The molecule has 0 fully saturated rings. The summed E-state index contributed by atoms with van der Waals surface area (Å²) in [5.74, 6) is -1.25. The van der Waals surface area contributed by atoms with Crippen LogP contribution >= 0.6 is 0 Å². The number of carbonyl (C=O) groups excluding carboxylic acids is 2. The zero-order valence-corrected chi connectivity index (χ0v) is 24.1. The summed E-state index contributed by atoms with van der Waals surface area (Å²) in [5.41, 5.74) is 0.0216. The van der Waals surface area contributed by atoms with Crippen LogP contribution in [0.3, 0.4) is 0 Å². The first kappa shape index (κ1) is 31.3. The van der Waals surface area contributed by atoms with Gasteiger partial charge in [0, 0.05) is 20.0 Å². The Bertz CT molecular complexity index is 1630. The summed E-state index contributed by atoms with van der Waals surface area (Å²) in [6.07, 6.45) is -4.63. The molecule has 1 atom stereocenters. The number of nitrogens with zero attached hydrogens (tertiary/aromatic N) is 2. The first-order valence-electron chi connectivity index (χ1n) is 13.3. The molecule has 7 nitrogen and oxygen atoms in total.